The number of aromatic nitrogens is 1. The van der Waals surface area contributed by atoms with Crippen LogP contribution in [0.1, 0.15) is 11.4 Å². The van der Waals surface area contributed by atoms with E-state index in [0.717, 1.165) is 30.0 Å². The molecule has 0 saturated carbocycles. The smallest absolute Gasteiger partial charge is 0.108 e. The molecule has 0 fully saturated rings. The normalized spacial score (nSPS) is 11.4. The molecule has 0 radical (unpaired) electrons. The van der Waals surface area contributed by atoms with Crippen LogP contribution in [0.15, 0.2) is 24.3 Å². The molecule has 0 aliphatic heterocycles. The zero-order chi connectivity index (χ0) is 11.4. The van der Waals surface area contributed by atoms with E-state index in [0.29, 0.717) is 0 Å². The van der Waals surface area contributed by atoms with Crippen molar-refractivity contribution in [1.82, 2.24) is 9.88 Å². The molecule has 0 amide bonds. The lowest BCUT2D eigenvalue weighted by Crippen LogP contribution is -2.19. The molecule has 0 unspecified atom stereocenters. The lowest BCUT2D eigenvalue weighted by atomic mass is 10.3. The molecule has 0 bridgehead atoms. The van der Waals surface area contributed by atoms with Crippen LogP contribution in [0.4, 0.5) is 0 Å². The summed E-state index contributed by atoms with van der Waals surface area (Å²) in [5.41, 5.74) is 1.08. The summed E-state index contributed by atoms with van der Waals surface area (Å²) in [5.74, 6) is 0. The molecule has 16 heavy (non-hydrogen) atoms. The van der Waals surface area contributed by atoms with Crippen molar-refractivity contribution in [3.05, 3.63) is 29.3 Å². The summed E-state index contributed by atoms with van der Waals surface area (Å²) in [4.78, 5) is 6.76. The molecule has 0 atom stereocenters. The lowest BCUT2D eigenvalue weighted by Gasteiger charge is -2.13. The van der Waals surface area contributed by atoms with Crippen molar-refractivity contribution in [1.29, 1.82) is 0 Å². The number of rotatable bonds is 5. The van der Waals surface area contributed by atoms with Gasteiger partial charge in [-0.2, -0.15) is 0 Å². The molecule has 0 aliphatic carbocycles. The average molecular weight is 236 g/mol. The van der Waals surface area contributed by atoms with Gasteiger partial charge in [0.15, 0.2) is 0 Å². The first-order chi connectivity index (χ1) is 7.79. The van der Waals surface area contributed by atoms with Crippen molar-refractivity contribution in [2.45, 2.75) is 13.0 Å². The van der Waals surface area contributed by atoms with Crippen LogP contribution in [0.5, 0.6) is 0 Å². The van der Waals surface area contributed by atoms with E-state index in [9.17, 15) is 0 Å². The van der Waals surface area contributed by atoms with E-state index in [1.807, 2.05) is 18.2 Å². The number of hydrogen-bond donors (Lipinski definition) is 1. The Morgan fingerprint density at radius 1 is 1.38 bits per heavy atom. The van der Waals surface area contributed by atoms with Gasteiger partial charge in [0.2, 0.25) is 0 Å². The van der Waals surface area contributed by atoms with Gasteiger partial charge < -0.3 is 5.11 Å². The zero-order valence-corrected chi connectivity index (χ0v) is 10.2. The first-order valence-corrected chi connectivity index (χ1v) is 6.25. The number of aliphatic hydroxyl groups excluding tert-OH is 1. The quantitative estimate of drug-likeness (QED) is 0.863. The molecule has 1 aromatic carbocycles. The van der Waals surface area contributed by atoms with Gasteiger partial charge in [0.05, 0.1) is 16.8 Å². The fourth-order valence-electron chi connectivity index (χ4n) is 1.64. The Kier molecular flexibility index (Phi) is 3.88. The van der Waals surface area contributed by atoms with E-state index in [1.165, 1.54) is 4.70 Å². The third kappa shape index (κ3) is 2.78. The SMILES string of the molecule is CN(CCCO)Cc1nc2ccccc2s1. The van der Waals surface area contributed by atoms with Gasteiger partial charge in [-0.1, -0.05) is 12.1 Å². The third-order valence-corrected chi connectivity index (χ3v) is 3.46. The zero-order valence-electron chi connectivity index (χ0n) is 9.39. The summed E-state index contributed by atoms with van der Waals surface area (Å²) in [6.45, 7) is 2.02. The highest BCUT2D eigenvalue weighted by atomic mass is 32.1. The number of hydrogen-bond acceptors (Lipinski definition) is 4. The monoisotopic (exact) mass is 236 g/mol. The van der Waals surface area contributed by atoms with Crippen molar-refractivity contribution >= 4 is 21.6 Å². The highest BCUT2D eigenvalue weighted by Gasteiger charge is 2.05. The van der Waals surface area contributed by atoms with Gasteiger partial charge in [-0.15, -0.1) is 11.3 Å². The predicted molar refractivity (Wildman–Crippen MR) is 67.7 cm³/mol. The van der Waals surface area contributed by atoms with E-state index in [4.69, 9.17) is 5.11 Å². The largest absolute Gasteiger partial charge is 0.396 e. The Morgan fingerprint density at radius 2 is 2.19 bits per heavy atom. The van der Waals surface area contributed by atoms with Crippen LogP contribution in [0, 0.1) is 0 Å². The highest BCUT2D eigenvalue weighted by Crippen LogP contribution is 2.22. The third-order valence-electron chi connectivity index (χ3n) is 2.44. The summed E-state index contributed by atoms with van der Waals surface area (Å²) >= 11 is 1.74. The summed E-state index contributed by atoms with van der Waals surface area (Å²) in [6, 6.07) is 8.20. The van der Waals surface area contributed by atoms with Gasteiger partial charge in [0.1, 0.15) is 5.01 Å². The first kappa shape index (κ1) is 11.5. The molecule has 1 N–H and O–H groups in total. The minimum Gasteiger partial charge on any atom is -0.396 e. The molecule has 0 spiro atoms. The van der Waals surface area contributed by atoms with Gasteiger partial charge in [-0.3, -0.25) is 4.90 Å². The number of thiazole rings is 1. The molecule has 2 aromatic rings. The Bertz CT molecular complexity index is 422. The van der Waals surface area contributed by atoms with Crippen LogP contribution in [0.25, 0.3) is 10.2 Å². The van der Waals surface area contributed by atoms with E-state index >= 15 is 0 Å². The second kappa shape index (κ2) is 5.39. The number of para-hydroxylation sites is 1. The molecule has 86 valence electrons. The Balaban J connectivity index is 2.03. The van der Waals surface area contributed by atoms with Crippen molar-refractivity contribution in [3.8, 4) is 0 Å². The maximum atomic E-state index is 8.76. The standard InChI is InChI=1S/C12H16N2OS/c1-14(7-4-8-15)9-12-13-10-5-2-3-6-11(10)16-12/h2-3,5-6,15H,4,7-9H2,1H3. The van der Waals surface area contributed by atoms with Gasteiger partial charge in [-0.05, 0) is 25.6 Å². The number of benzene rings is 1. The van der Waals surface area contributed by atoms with E-state index < -0.39 is 0 Å². The molecule has 0 aliphatic rings. The van der Waals surface area contributed by atoms with Crippen LogP contribution in [0.2, 0.25) is 0 Å². The molecule has 0 saturated heterocycles. The molecular weight excluding hydrogens is 220 g/mol. The molecule has 1 heterocycles. The fourth-order valence-corrected chi connectivity index (χ4v) is 2.69. The van der Waals surface area contributed by atoms with E-state index in [-0.39, 0.29) is 6.61 Å². The van der Waals surface area contributed by atoms with Crippen molar-refractivity contribution in [2.75, 3.05) is 20.2 Å². The molecule has 4 heteroatoms. The van der Waals surface area contributed by atoms with E-state index in [2.05, 4.69) is 23.0 Å². The second-order valence-corrected chi connectivity index (χ2v) is 5.01. The van der Waals surface area contributed by atoms with E-state index in [1.54, 1.807) is 11.3 Å². The van der Waals surface area contributed by atoms with Crippen molar-refractivity contribution < 1.29 is 5.11 Å². The van der Waals surface area contributed by atoms with Gasteiger partial charge >= 0.3 is 0 Å². The van der Waals surface area contributed by atoms with Crippen LogP contribution in [0.3, 0.4) is 0 Å². The van der Waals surface area contributed by atoms with Gasteiger partial charge in [0.25, 0.3) is 0 Å². The van der Waals surface area contributed by atoms with Crippen molar-refractivity contribution in [2.24, 2.45) is 0 Å². The molecule has 3 nitrogen and oxygen atoms in total. The van der Waals surface area contributed by atoms with Gasteiger partial charge in [-0.25, -0.2) is 4.98 Å². The Labute approximate surface area is 99.4 Å². The van der Waals surface area contributed by atoms with Crippen molar-refractivity contribution in [3.63, 3.8) is 0 Å². The van der Waals surface area contributed by atoms with Crippen LogP contribution >= 0.6 is 11.3 Å². The number of fused-ring (bicyclic) bond motifs is 1. The van der Waals surface area contributed by atoms with Crippen LogP contribution < -0.4 is 0 Å². The Hall–Kier alpha value is -0.970. The maximum absolute atomic E-state index is 8.76. The predicted octanol–water partition coefficient (Wildman–Crippen LogP) is 2.11. The first-order valence-electron chi connectivity index (χ1n) is 5.43. The van der Waals surface area contributed by atoms with Crippen LogP contribution in [-0.2, 0) is 6.54 Å². The summed E-state index contributed by atoms with van der Waals surface area (Å²) < 4.78 is 1.24. The summed E-state index contributed by atoms with van der Waals surface area (Å²) in [5, 5.41) is 9.90. The number of aliphatic hydroxyl groups is 1. The molecule has 1 aromatic heterocycles. The second-order valence-electron chi connectivity index (χ2n) is 3.89. The maximum Gasteiger partial charge on any atom is 0.108 e. The summed E-state index contributed by atoms with van der Waals surface area (Å²) in [6.07, 6.45) is 0.821. The van der Waals surface area contributed by atoms with Crippen LogP contribution in [-0.4, -0.2) is 35.2 Å². The fraction of sp³-hybridized carbons (Fsp3) is 0.417. The van der Waals surface area contributed by atoms with Gasteiger partial charge in [0, 0.05) is 13.2 Å². The average Bonchev–Trinajstić information content (AvgIpc) is 2.68. The summed E-state index contributed by atoms with van der Waals surface area (Å²) in [7, 11) is 2.06. The number of nitrogens with zero attached hydrogens (tertiary/aromatic N) is 2. The Morgan fingerprint density at radius 3 is 2.94 bits per heavy atom. The lowest BCUT2D eigenvalue weighted by molar-refractivity contribution is 0.244. The minimum absolute atomic E-state index is 0.254. The molecule has 2 rings (SSSR count). The molecular formula is C12H16N2OS. The highest BCUT2D eigenvalue weighted by molar-refractivity contribution is 7.18. The topological polar surface area (TPSA) is 36.4 Å². The minimum atomic E-state index is 0.254.